The first-order valence-electron chi connectivity index (χ1n) is 2.71. The highest BCUT2D eigenvalue weighted by atomic mass is 28.2. The van der Waals surface area contributed by atoms with Gasteiger partial charge in [-0.05, 0) is 12.0 Å². The molecule has 0 nitrogen and oxygen atoms in total. The zero-order valence-corrected chi connectivity index (χ0v) is 6.48. The van der Waals surface area contributed by atoms with Crippen LogP contribution in [0.5, 0.6) is 0 Å². The standard InChI is InChI=1S/C6H12Si/c1-4-7-5-6(2)3/h1,6H,5,7H2,2-3H3. The van der Waals surface area contributed by atoms with E-state index in [1.165, 1.54) is 6.04 Å². The molecule has 0 aliphatic carbocycles. The van der Waals surface area contributed by atoms with Crippen LogP contribution < -0.4 is 0 Å². The molecule has 0 atom stereocenters. The van der Waals surface area contributed by atoms with Gasteiger partial charge < -0.3 is 0 Å². The minimum atomic E-state index is -0.0980. The molecule has 0 heterocycles. The van der Waals surface area contributed by atoms with Gasteiger partial charge in [-0.1, -0.05) is 13.8 Å². The number of rotatable bonds is 2. The molecule has 0 N–H and O–H groups in total. The first-order chi connectivity index (χ1) is 3.27. The van der Waals surface area contributed by atoms with Crippen molar-refractivity contribution in [3.63, 3.8) is 0 Å². The van der Waals surface area contributed by atoms with Gasteiger partial charge in [0, 0.05) is 0 Å². The van der Waals surface area contributed by atoms with Gasteiger partial charge in [-0.3, -0.25) is 0 Å². The first kappa shape index (κ1) is 6.78. The van der Waals surface area contributed by atoms with Crippen LogP contribution in [0.25, 0.3) is 0 Å². The summed E-state index contributed by atoms with van der Waals surface area (Å²) in [5.74, 6) is 0.822. The van der Waals surface area contributed by atoms with E-state index >= 15 is 0 Å². The van der Waals surface area contributed by atoms with E-state index in [1.807, 2.05) is 0 Å². The van der Waals surface area contributed by atoms with Gasteiger partial charge in [0.25, 0.3) is 0 Å². The maximum atomic E-state index is 5.09. The average Bonchev–Trinajstić information content (AvgIpc) is 1.61. The molecule has 0 bridgehead atoms. The van der Waals surface area contributed by atoms with Gasteiger partial charge in [0.15, 0.2) is 0 Å². The highest BCUT2D eigenvalue weighted by molar-refractivity contribution is 6.45. The topological polar surface area (TPSA) is 0 Å². The van der Waals surface area contributed by atoms with E-state index in [2.05, 4.69) is 19.4 Å². The van der Waals surface area contributed by atoms with Gasteiger partial charge in [-0.2, -0.15) is 0 Å². The van der Waals surface area contributed by atoms with E-state index < -0.39 is 0 Å². The zero-order valence-electron chi connectivity index (χ0n) is 5.07. The Morgan fingerprint density at radius 3 is 2.43 bits per heavy atom. The third-order valence-corrected chi connectivity index (χ3v) is 2.60. The number of terminal acetylenes is 1. The second-order valence-electron chi connectivity index (χ2n) is 2.14. The molecule has 0 aromatic carbocycles. The normalized spacial score (nSPS) is 10.6. The largest absolute Gasteiger partial charge is 0.143 e. The fraction of sp³-hybridized carbons (Fsp3) is 0.667. The van der Waals surface area contributed by atoms with E-state index in [9.17, 15) is 0 Å². The summed E-state index contributed by atoms with van der Waals surface area (Å²) in [7, 11) is -0.0980. The molecule has 0 aromatic rings. The summed E-state index contributed by atoms with van der Waals surface area (Å²) in [6.45, 7) is 4.43. The van der Waals surface area contributed by atoms with Crippen molar-refractivity contribution in [1.82, 2.24) is 0 Å². The lowest BCUT2D eigenvalue weighted by Crippen LogP contribution is -1.91. The van der Waals surface area contributed by atoms with E-state index in [1.54, 1.807) is 0 Å². The summed E-state index contributed by atoms with van der Waals surface area (Å²) in [5.41, 5.74) is 2.74. The fourth-order valence-corrected chi connectivity index (χ4v) is 1.12. The van der Waals surface area contributed by atoms with Crippen molar-refractivity contribution in [1.29, 1.82) is 0 Å². The van der Waals surface area contributed by atoms with Gasteiger partial charge in [-0.25, -0.2) is 0 Å². The van der Waals surface area contributed by atoms with Crippen LogP contribution in [0.1, 0.15) is 13.8 Å². The highest BCUT2D eigenvalue weighted by Gasteiger charge is 1.88. The lowest BCUT2D eigenvalue weighted by molar-refractivity contribution is 0.733. The second kappa shape index (κ2) is 3.95. The van der Waals surface area contributed by atoms with Crippen LogP contribution >= 0.6 is 0 Å². The number of hydrogen-bond acceptors (Lipinski definition) is 0. The molecule has 0 fully saturated rings. The molecule has 0 rings (SSSR count). The van der Waals surface area contributed by atoms with Gasteiger partial charge in [0.1, 0.15) is 9.52 Å². The van der Waals surface area contributed by atoms with Crippen LogP contribution in [0.4, 0.5) is 0 Å². The molecule has 0 spiro atoms. The van der Waals surface area contributed by atoms with Crippen LogP contribution in [-0.2, 0) is 0 Å². The Morgan fingerprint density at radius 1 is 1.71 bits per heavy atom. The smallest absolute Gasteiger partial charge is 0.106 e. The summed E-state index contributed by atoms with van der Waals surface area (Å²) in [4.78, 5) is 0. The van der Waals surface area contributed by atoms with Crippen LogP contribution in [0.15, 0.2) is 0 Å². The third kappa shape index (κ3) is 5.78. The lowest BCUT2D eigenvalue weighted by Gasteiger charge is -1.94. The Morgan fingerprint density at radius 2 is 2.29 bits per heavy atom. The van der Waals surface area contributed by atoms with Crippen molar-refractivity contribution >= 4 is 9.52 Å². The van der Waals surface area contributed by atoms with Crippen molar-refractivity contribution in [2.75, 3.05) is 0 Å². The summed E-state index contributed by atoms with van der Waals surface area (Å²) >= 11 is 0. The Kier molecular flexibility index (Phi) is 3.82. The van der Waals surface area contributed by atoms with E-state index in [-0.39, 0.29) is 9.52 Å². The predicted molar refractivity (Wildman–Crippen MR) is 37.0 cm³/mol. The molecule has 0 aliphatic heterocycles. The minimum Gasteiger partial charge on any atom is -0.143 e. The fourth-order valence-electron chi connectivity index (χ4n) is 0.372. The third-order valence-electron chi connectivity index (χ3n) is 0.866. The molecule has 0 unspecified atom stereocenters. The molecule has 1 heteroatoms. The minimum absolute atomic E-state index is 0.0980. The first-order valence-corrected chi connectivity index (χ1v) is 4.41. The maximum Gasteiger partial charge on any atom is 0.106 e. The van der Waals surface area contributed by atoms with Crippen LogP contribution in [0.3, 0.4) is 0 Å². The van der Waals surface area contributed by atoms with Gasteiger partial charge in [0.2, 0.25) is 0 Å². The van der Waals surface area contributed by atoms with Crippen LogP contribution in [0, 0.1) is 17.9 Å². The molecule has 40 valence electrons. The number of hydrogen-bond donors (Lipinski definition) is 0. The van der Waals surface area contributed by atoms with Crippen molar-refractivity contribution in [2.45, 2.75) is 19.9 Å². The van der Waals surface area contributed by atoms with Crippen molar-refractivity contribution in [3.05, 3.63) is 0 Å². The van der Waals surface area contributed by atoms with E-state index in [0.29, 0.717) is 0 Å². The monoisotopic (exact) mass is 112 g/mol. The van der Waals surface area contributed by atoms with Crippen molar-refractivity contribution < 1.29 is 0 Å². The van der Waals surface area contributed by atoms with Crippen molar-refractivity contribution in [3.8, 4) is 12.0 Å². The zero-order chi connectivity index (χ0) is 5.70. The molecular formula is C6H12Si. The molecule has 0 amide bonds. The summed E-state index contributed by atoms with van der Waals surface area (Å²) in [6, 6.07) is 1.30. The van der Waals surface area contributed by atoms with E-state index in [0.717, 1.165) is 5.92 Å². The second-order valence-corrected chi connectivity index (χ2v) is 3.62. The Bertz CT molecular complexity index is 68.7. The molecule has 0 radical (unpaired) electrons. The SMILES string of the molecule is C#C[SiH2]CC(C)C. The van der Waals surface area contributed by atoms with Crippen molar-refractivity contribution in [2.24, 2.45) is 5.92 Å². The molecule has 0 aliphatic rings. The van der Waals surface area contributed by atoms with Gasteiger partial charge in [-0.15, -0.1) is 12.0 Å². The van der Waals surface area contributed by atoms with Crippen LogP contribution in [0.2, 0.25) is 6.04 Å². The molecular weight excluding hydrogens is 100 g/mol. The summed E-state index contributed by atoms with van der Waals surface area (Å²) in [5, 5.41) is 0. The van der Waals surface area contributed by atoms with Gasteiger partial charge >= 0.3 is 0 Å². The lowest BCUT2D eigenvalue weighted by atomic mass is 10.3. The average molecular weight is 112 g/mol. The Labute approximate surface area is 48.1 Å². The molecule has 0 saturated carbocycles. The molecule has 7 heavy (non-hydrogen) atoms. The molecule has 0 saturated heterocycles. The maximum absolute atomic E-state index is 5.09. The Hall–Kier alpha value is -0.223. The summed E-state index contributed by atoms with van der Waals surface area (Å²) in [6.07, 6.45) is 5.09. The quantitative estimate of drug-likeness (QED) is 0.366. The predicted octanol–water partition coefficient (Wildman–Crippen LogP) is 0.820. The van der Waals surface area contributed by atoms with Gasteiger partial charge in [0.05, 0.1) is 0 Å². The summed E-state index contributed by atoms with van der Waals surface area (Å²) < 4.78 is 0. The van der Waals surface area contributed by atoms with Crippen LogP contribution in [-0.4, -0.2) is 9.52 Å². The highest BCUT2D eigenvalue weighted by Crippen LogP contribution is 1.96. The van der Waals surface area contributed by atoms with E-state index in [4.69, 9.17) is 6.42 Å². The Balaban J connectivity index is 2.86. The molecule has 0 aromatic heterocycles.